The summed E-state index contributed by atoms with van der Waals surface area (Å²) in [6.45, 7) is 11.2. The molecule has 1 rings (SSSR count). The second-order valence-electron chi connectivity index (χ2n) is 7.47. The van der Waals surface area contributed by atoms with Gasteiger partial charge in [-0.1, -0.05) is 32.0 Å². The van der Waals surface area contributed by atoms with Gasteiger partial charge in [0.1, 0.15) is 6.04 Å². The Morgan fingerprint density at radius 2 is 1.96 bits per heavy atom. The molecule has 0 aromatic carbocycles. The van der Waals surface area contributed by atoms with Crippen LogP contribution in [0, 0.1) is 0 Å². The van der Waals surface area contributed by atoms with Crippen LogP contribution in [0.15, 0.2) is 5.16 Å². The molecule has 1 heterocycles. The van der Waals surface area contributed by atoms with Crippen molar-refractivity contribution in [3.63, 3.8) is 0 Å². The van der Waals surface area contributed by atoms with Crippen LogP contribution in [0.1, 0.15) is 65.7 Å². The number of quaternary nitrogens is 1. The van der Waals surface area contributed by atoms with E-state index in [1.165, 1.54) is 16.7 Å². The standard InChI is InChI=1S/C17H33N5OS/c1-8-10-11-22-15(13(9-2)21(6)7)19-20-16(22)24-12-14(23)18-17(3,4)5/h13H,8-12H2,1-7H3,(H,18,23)/p+1/t13-/m0/s1. The van der Waals surface area contributed by atoms with E-state index >= 15 is 0 Å². The molecule has 0 saturated carbocycles. The van der Waals surface area contributed by atoms with Gasteiger partial charge in [-0.15, -0.1) is 10.2 Å². The molecule has 2 N–H and O–H groups in total. The van der Waals surface area contributed by atoms with E-state index in [4.69, 9.17) is 0 Å². The lowest BCUT2D eigenvalue weighted by atomic mass is 10.1. The summed E-state index contributed by atoms with van der Waals surface area (Å²) in [5, 5.41) is 12.7. The topological polar surface area (TPSA) is 64.2 Å². The summed E-state index contributed by atoms with van der Waals surface area (Å²) in [6.07, 6.45) is 3.23. The molecule has 7 heteroatoms. The first kappa shape index (κ1) is 21.0. The maximum atomic E-state index is 12.1. The van der Waals surface area contributed by atoms with Crippen LogP contribution in [0.4, 0.5) is 0 Å². The van der Waals surface area contributed by atoms with Gasteiger partial charge in [0.25, 0.3) is 0 Å². The van der Waals surface area contributed by atoms with Crippen LogP contribution in [0.5, 0.6) is 0 Å². The molecule has 0 aliphatic heterocycles. The van der Waals surface area contributed by atoms with Crippen molar-refractivity contribution in [1.82, 2.24) is 20.1 Å². The first-order valence-electron chi connectivity index (χ1n) is 8.86. The van der Waals surface area contributed by atoms with Crippen molar-refractivity contribution in [3.8, 4) is 0 Å². The van der Waals surface area contributed by atoms with Gasteiger partial charge in [0.2, 0.25) is 5.91 Å². The van der Waals surface area contributed by atoms with Crippen LogP contribution in [-0.4, -0.2) is 46.1 Å². The minimum atomic E-state index is -0.208. The molecule has 0 aliphatic carbocycles. The third-order valence-corrected chi connectivity index (χ3v) is 4.71. The van der Waals surface area contributed by atoms with Crippen molar-refractivity contribution in [2.45, 2.75) is 77.2 Å². The number of rotatable bonds is 9. The van der Waals surface area contributed by atoms with Crippen molar-refractivity contribution < 1.29 is 9.69 Å². The molecule has 0 radical (unpaired) electrons. The Morgan fingerprint density at radius 1 is 1.29 bits per heavy atom. The van der Waals surface area contributed by atoms with Gasteiger partial charge >= 0.3 is 0 Å². The van der Waals surface area contributed by atoms with Gasteiger partial charge in [0.15, 0.2) is 11.0 Å². The molecule has 24 heavy (non-hydrogen) atoms. The highest BCUT2D eigenvalue weighted by Crippen LogP contribution is 2.21. The first-order chi connectivity index (χ1) is 11.2. The van der Waals surface area contributed by atoms with E-state index in [-0.39, 0.29) is 11.4 Å². The monoisotopic (exact) mass is 356 g/mol. The Bertz CT molecular complexity index is 522. The fourth-order valence-corrected chi connectivity index (χ4v) is 3.40. The number of nitrogens with one attached hydrogen (secondary N) is 2. The molecular formula is C17H34N5OS+. The Balaban J connectivity index is 2.90. The number of aromatic nitrogens is 3. The maximum absolute atomic E-state index is 12.1. The van der Waals surface area contributed by atoms with Gasteiger partial charge in [0.05, 0.1) is 19.8 Å². The van der Waals surface area contributed by atoms with Crippen molar-refractivity contribution >= 4 is 17.7 Å². The Hall–Kier alpha value is -1.08. The van der Waals surface area contributed by atoms with E-state index in [1.807, 2.05) is 20.8 Å². The molecule has 0 saturated heterocycles. The zero-order valence-electron chi connectivity index (χ0n) is 16.3. The highest BCUT2D eigenvalue weighted by atomic mass is 32.2. The Kier molecular flexibility index (Phi) is 8.22. The summed E-state index contributed by atoms with van der Waals surface area (Å²) in [4.78, 5) is 13.4. The highest BCUT2D eigenvalue weighted by molar-refractivity contribution is 7.99. The van der Waals surface area contributed by atoms with E-state index in [0.29, 0.717) is 11.8 Å². The molecule has 1 aromatic heterocycles. The number of hydrogen-bond acceptors (Lipinski definition) is 4. The minimum absolute atomic E-state index is 0.0318. The summed E-state index contributed by atoms with van der Waals surface area (Å²) in [6, 6.07) is 0.326. The zero-order chi connectivity index (χ0) is 18.3. The van der Waals surface area contributed by atoms with Gasteiger partial charge in [0, 0.05) is 18.5 Å². The molecule has 0 spiro atoms. The van der Waals surface area contributed by atoms with Gasteiger partial charge in [-0.25, -0.2) is 0 Å². The van der Waals surface area contributed by atoms with Gasteiger partial charge in [-0.3, -0.25) is 4.79 Å². The Morgan fingerprint density at radius 3 is 2.46 bits per heavy atom. The largest absolute Gasteiger partial charge is 0.351 e. The number of amides is 1. The summed E-state index contributed by atoms with van der Waals surface area (Å²) < 4.78 is 2.21. The lowest BCUT2D eigenvalue weighted by Crippen LogP contribution is -3.06. The van der Waals surface area contributed by atoms with E-state index in [2.05, 4.69) is 48.0 Å². The predicted molar refractivity (Wildman–Crippen MR) is 99.4 cm³/mol. The number of nitrogens with zero attached hydrogens (tertiary/aromatic N) is 3. The molecule has 0 unspecified atom stereocenters. The Labute approximate surface area is 150 Å². The molecule has 1 atom stereocenters. The SMILES string of the molecule is CCCCn1c(SCC(=O)NC(C)(C)C)nnc1[C@H](CC)[NH+](C)C. The molecule has 0 aliphatic rings. The third kappa shape index (κ3) is 6.43. The minimum Gasteiger partial charge on any atom is -0.351 e. The summed E-state index contributed by atoms with van der Waals surface area (Å²) in [7, 11) is 4.30. The number of carbonyl (C=O) groups is 1. The number of carbonyl (C=O) groups excluding carboxylic acids is 1. The number of thioether (sulfide) groups is 1. The summed E-state index contributed by atoms with van der Waals surface area (Å²) >= 11 is 1.47. The predicted octanol–water partition coefficient (Wildman–Crippen LogP) is 1.68. The summed E-state index contributed by atoms with van der Waals surface area (Å²) in [5.41, 5.74) is -0.208. The summed E-state index contributed by atoms with van der Waals surface area (Å²) in [5.74, 6) is 1.43. The van der Waals surface area contributed by atoms with Gasteiger partial charge in [-0.05, 0) is 27.2 Å². The molecule has 0 bridgehead atoms. The lowest BCUT2D eigenvalue weighted by Gasteiger charge is -2.21. The van der Waals surface area contributed by atoms with Crippen LogP contribution in [0.25, 0.3) is 0 Å². The smallest absolute Gasteiger partial charge is 0.230 e. The molecule has 6 nitrogen and oxygen atoms in total. The molecular weight excluding hydrogens is 322 g/mol. The zero-order valence-corrected chi connectivity index (χ0v) is 17.1. The lowest BCUT2D eigenvalue weighted by molar-refractivity contribution is -0.893. The van der Waals surface area contributed by atoms with Gasteiger partial charge < -0.3 is 14.8 Å². The van der Waals surface area contributed by atoms with Crippen molar-refractivity contribution in [2.24, 2.45) is 0 Å². The number of hydrogen-bond donors (Lipinski definition) is 2. The van der Waals surface area contributed by atoms with Crippen molar-refractivity contribution in [3.05, 3.63) is 5.82 Å². The van der Waals surface area contributed by atoms with E-state index in [9.17, 15) is 4.79 Å². The maximum Gasteiger partial charge on any atom is 0.230 e. The second kappa shape index (κ2) is 9.42. The molecule has 0 fully saturated rings. The highest BCUT2D eigenvalue weighted by Gasteiger charge is 2.25. The van der Waals surface area contributed by atoms with Crippen LogP contribution >= 0.6 is 11.8 Å². The van der Waals surface area contributed by atoms with E-state index in [1.54, 1.807) is 0 Å². The normalized spacial score (nSPS) is 13.3. The van der Waals surface area contributed by atoms with E-state index in [0.717, 1.165) is 36.8 Å². The fourth-order valence-electron chi connectivity index (χ4n) is 2.62. The van der Waals surface area contributed by atoms with Gasteiger partial charge in [-0.2, -0.15) is 0 Å². The van der Waals surface area contributed by atoms with Crippen LogP contribution in [0.2, 0.25) is 0 Å². The van der Waals surface area contributed by atoms with Crippen LogP contribution in [0.3, 0.4) is 0 Å². The quantitative estimate of drug-likeness (QED) is 0.661. The van der Waals surface area contributed by atoms with Crippen molar-refractivity contribution in [1.29, 1.82) is 0 Å². The second-order valence-corrected chi connectivity index (χ2v) is 8.41. The molecule has 138 valence electrons. The van der Waals surface area contributed by atoms with Crippen molar-refractivity contribution in [2.75, 3.05) is 19.8 Å². The molecule has 1 aromatic rings. The van der Waals surface area contributed by atoms with Crippen LogP contribution < -0.4 is 10.2 Å². The first-order valence-corrected chi connectivity index (χ1v) is 9.85. The average Bonchev–Trinajstić information content (AvgIpc) is 2.84. The number of unbranched alkanes of at least 4 members (excludes halogenated alkanes) is 1. The molecule has 1 amide bonds. The van der Waals surface area contributed by atoms with Crippen LogP contribution in [-0.2, 0) is 11.3 Å². The third-order valence-electron chi connectivity index (χ3n) is 3.74. The van der Waals surface area contributed by atoms with E-state index < -0.39 is 0 Å². The fraction of sp³-hybridized carbons (Fsp3) is 0.824. The average molecular weight is 357 g/mol.